The number of imidazole rings is 1. The van der Waals surface area contributed by atoms with Gasteiger partial charge in [0.1, 0.15) is 12.4 Å². The summed E-state index contributed by atoms with van der Waals surface area (Å²) >= 11 is 0. The van der Waals surface area contributed by atoms with Gasteiger partial charge < -0.3 is 18.7 Å². The number of nitrogens with zero attached hydrogens (tertiary/aromatic N) is 4. The molecule has 4 rings (SSSR count). The molecule has 0 bridgehead atoms. The maximum absolute atomic E-state index is 13.3. The van der Waals surface area contributed by atoms with E-state index in [9.17, 15) is 18.4 Å². The maximum Gasteiger partial charge on any atom is 0.276 e. The van der Waals surface area contributed by atoms with Gasteiger partial charge in [-0.1, -0.05) is 5.16 Å². The van der Waals surface area contributed by atoms with Gasteiger partial charge in [0.2, 0.25) is 5.78 Å². The number of amides is 1. The van der Waals surface area contributed by atoms with E-state index in [4.69, 9.17) is 9.26 Å². The highest BCUT2D eigenvalue weighted by Crippen LogP contribution is 2.22. The van der Waals surface area contributed by atoms with Gasteiger partial charge in [-0.2, -0.15) is 0 Å². The molecule has 1 unspecified atom stereocenters. The van der Waals surface area contributed by atoms with Crippen molar-refractivity contribution in [1.29, 1.82) is 0 Å². The van der Waals surface area contributed by atoms with Crippen molar-refractivity contribution < 1.29 is 27.6 Å². The van der Waals surface area contributed by atoms with E-state index in [1.807, 2.05) is 0 Å². The number of halogens is 2. The van der Waals surface area contributed by atoms with E-state index in [1.165, 1.54) is 12.1 Å². The Morgan fingerprint density at radius 2 is 2.10 bits per heavy atom. The van der Waals surface area contributed by atoms with E-state index in [0.29, 0.717) is 25.2 Å². The maximum atomic E-state index is 13.3. The number of aromatic nitrogens is 3. The molecule has 1 atom stereocenters. The van der Waals surface area contributed by atoms with Crippen LogP contribution in [0.4, 0.5) is 8.78 Å². The second kappa shape index (κ2) is 8.66. The van der Waals surface area contributed by atoms with Gasteiger partial charge in [-0.3, -0.25) is 9.59 Å². The Hall–Kier alpha value is -3.56. The Morgan fingerprint density at radius 1 is 1.26 bits per heavy atom. The number of ether oxygens (including phenoxy) is 1. The van der Waals surface area contributed by atoms with Gasteiger partial charge in [0.15, 0.2) is 28.9 Å². The lowest BCUT2D eigenvalue weighted by Gasteiger charge is -2.31. The molecule has 162 valence electrons. The normalized spacial score (nSPS) is 16.4. The summed E-state index contributed by atoms with van der Waals surface area (Å²) in [6.45, 7) is 0.681. The van der Waals surface area contributed by atoms with Crippen LogP contribution in [0.2, 0.25) is 0 Å². The highest BCUT2D eigenvalue weighted by Gasteiger charge is 2.32. The molecule has 1 amide bonds. The topological polar surface area (TPSA) is 90.5 Å². The lowest BCUT2D eigenvalue weighted by atomic mass is 9.93. The number of rotatable bonds is 6. The smallest absolute Gasteiger partial charge is 0.276 e. The Labute approximate surface area is 176 Å². The zero-order valence-electron chi connectivity index (χ0n) is 16.8. The summed E-state index contributed by atoms with van der Waals surface area (Å²) < 4.78 is 38.4. The molecule has 2 aromatic heterocycles. The molecule has 1 fully saturated rings. The average molecular weight is 430 g/mol. The molecule has 0 radical (unpaired) electrons. The summed E-state index contributed by atoms with van der Waals surface area (Å²) in [5.41, 5.74) is 0.0916. The van der Waals surface area contributed by atoms with E-state index >= 15 is 0 Å². The number of hydrogen-bond acceptors (Lipinski definition) is 6. The van der Waals surface area contributed by atoms with Crippen LogP contribution in [-0.4, -0.2) is 44.4 Å². The summed E-state index contributed by atoms with van der Waals surface area (Å²) in [4.78, 5) is 31.2. The van der Waals surface area contributed by atoms with E-state index < -0.39 is 11.6 Å². The molecule has 0 spiro atoms. The van der Waals surface area contributed by atoms with E-state index in [-0.39, 0.29) is 48.0 Å². The molecule has 1 aliphatic heterocycles. The van der Waals surface area contributed by atoms with Crippen molar-refractivity contribution in [1.82, 2.24) is 19.6 Å². The molecular formula is C21H20F2N4O4. The van der Waals surface area contributed by atoms with Gasteiger partial charge >= 0.3 is 0 Å². The first kappa shape index (κ1) is 20.7. The van der Waals surface area contributed by atoms with Crippen LogP contribution in [0.3, 0.4) is 0 Å². The fourth-order valence-corrected chi connectivity index (χ4v) is 3.53. The van der Waals surface area contributed by atoms with Crippen molar-refractivity contribution in [2.24, 2.45) is 13.0 Å². The predicted octanol–water partition coefficient (Wildman–Crippen LogP) is 3.00. The highest BCUT2D eigenvalue weighted by atomic mass is 19.2. The highest BCUT2D eigenvalue weighted by molar-refractivity contribution is 5.96. The second-order valence-corrected chi connectivity index (χ2v) is 7.36. The van der Waals surface area contributed by atoms with Crippen LogP contribution in [0.1, 0.15) is 39.7 Å². The third-order valence-corrected chi connectivity index (χ3v) is 5.17. The van der Waals surface area contributed by atoms with Gasteiger partial charge in [-0.25, -0.2) is 13.8 Å². The number of aryl methyl sites for hydroxylation is 1. The van der Waals surface area contributed by atoms with Crippen LogP contribution >= 0.6 is 0 Å². The van der Waals surface area contributed by atoms with Gasteiger partial charge in [-0.15, -0.1) is 0 Å². The van der Waals surface area contributed by atoms with Crippen molar-refractivity contribution in [3.63, 3.8) is 0 Å². The first-order valence-corrected chi connectivity index (χ1v) is 9.76. The van der Waals surface area contributed by atoms with Crippen LogP contribution in [-0.2, 0) is 13.7 Å². The number of Topliss-reactive ketones (excluding diaryl/α,β-unsaturated/α-hetero) is 1. The van der Waals surface area contributed by atoms with Crippen LogP contribution in [0.25, 0.3) is 0 Å². The van der Waals surface area contributed by atoms with E-state index in [0.717, 1.165) is 12.1 Å². The minimum Gasteiger partial charge on any atom is -0.485 e. The van der Waals surface area contributed by atoms with E-state index in [2.05, 4.69) is 10.1 Å². The molecule has 8 nitrogen and oxygen atoms in total. The number of carbonyl (C=O) groups is 2. The Bertz CT molecular complexity index is 1110. The zero-order valence-corrected chi connectivity index (χ0v) is 16.8. The molecule has 31 heavy (non-hydrogen) atoms. The molecule has 1 aromatic carbocycles. The molecular weight excluding hydrogens is 410 g/mol. The first-order chi connectivity index (χ1) is 14.9. The molecule has 0 aliphatic carbocycles. The summed E-state index contributed by atoms with van der Waals surface area (Å²) in [6, 6.07) is 4.60. The second-order valence-electron chi connectivity index (χ2n) is 7.36. The van der Waals surface area contributed by atoms with Crippen LogP contribution in [0, 0.1) is 17.6 Å². The number of hydrogen-bond donors (Lipinski definition) is 0. The third-order valence-electron chi connectivity index (χ3n) is 5.17. The lowest BCUT2D eigenvalue weighted by molar-refractivity contribution is 0.0624. The average Bonchev–Trinajstić information content (AvgIpc) is 3.42. The summed E-state index contributed by atoms with van der Waals surface area (Å²) in [5.74, 6) is -2.02. The van der Waals surface area contributed by atoms with Crippen molar-refractivity contribution >= 4 is 11.7 Å². The molecule has 1 saturated heterocycles. The standard InChI is InChI=1S/C21H20F2N4O4/c1-26-8-6-24-20(26)19(28)13-3-2-7-27(11-13)21(29)18-10-15(31-25-18)12-30-14-4-5-16(22)17(23)9-14/h4-6,8-10,13H,2-3,7,11-12H2,1H3. The fourth-order valence-electron chi connectivity index (χ4n) is 3.53. The van der Waals surface area contributed by atoms with Crippen LogP contribution in [0.15, 0.2) is 41.2 Å². The van der Waals surface area contributed by atoms with Crippen LogP contribution in [0.5, 0.6) is 5.75 Å². The quantitative estimate of drug-likeness (QED) is 0.559. The molecule has 3 heterocycles. The molecule has 1 aliphatic rings. The predicted molar refractivity (Wildman–Crippen MR) is 103 cm³/mol. The minimum atomic E-state index is -1.02. The van der Waals surface area contributed by atoms with E-state index in [1.54, 1.807) is 28.9 Å². The van der Waals surface area contributed by atoms with Gasteiger partial charge in [0.25, 0.3) is 5.91 Å². The number of likely N-dealkylation sites (tertiary alicyclic amines) is 1. The summed E-state index contributed by atoms with van der Waals surface area (Å²) in [7, 11) is 1.76. The SMILES string of the molecule is Cn1ccnc1C(=O)C1CCCN(C(=O)c2cc(COc3ccc(F)c(F)c3)on2)C1. The fraction of sp³-hybridized carbons (Fsp3) is 0.333. The number of carbonyl (C=O) groups excluding carboxylic acids is 2. The number of piperidine rings is 1. The van der Waals surface area contributed by atoms with Crippen LogP contribution < -0.4 is 4.74 Å². The van der Waals surface area contributed by atoms with Crippen molar-refractivity contribution in [3.05, 3.63) is 65.6 Å². The van der Waals surface area contributed by atoms with Gasteiger partial charge in [-0.05, 0) is 25.0 Å². The molecule has 3 aromatic rings. The van der Waals surface area contributed by atoms with Gasteiger partial charge in [0.05, 0.1) is 0 Å². The molecule has 10 heteroatoms. The summed E-state index contributed by atoms with van der Waals surface area (Å²) in [6.07, 6.45) is 4.65. The summed E-state index contributed by atoms with van der Waals surface area (Å²) in [5, 5.41) is 3.79. The minimum absolute atomic E-state index is 0.0916. The molecule has 0 N–H and O–H groups in total. The Balaban J connectivity index is 1.38. The Morgan fingerprint density at radius 3 is 2.84 bits per heavy atom. The largest absolute Gasteiger partial charge is 0.485 e. The number of benzene rings is 1. The van der Waals surface area contributed by atoms with Crippen molar-refractivity contribution in [3.8, 4) is 5.75 Å². The third kappa shape index (κ3) is 4.47. The zero-order chi connectivity index (χ0) is 22.0. The monoisotopic (exact) mass is 430 g/mol. The Kier molecular flexibility index (Phi) is 5.79. The molecule has 0 saturated carbocycles. The van der Waals surface area contributed by atoms with Crippen molar-refractivity contribution in [2.75, 3.05) is 13.1 Å². The lowest BCUT2D eigenvalue weighted by Crippen LogP contribution is -2.42. The van der Waals surface area contributed by atoms with Crippen molar-refractivity contribution in [2.45, 2.75) is 19.4 Å². The van der Waals surface area contributed by atoms with Gasteiger partial charge in [0, 0.05) is 50.6 Å². The number of ketones is 1. The first-order valence-electron chi connectivity index (χ1n) is 9.76.